The molecule has 0 spiro atoms. The summed E-state index contributed by atoms with van der Waals surface area (Å²) in [4.78, 5) is 8.86. The van der Waals surface area contributed by atoms with Gasteiger partial charge in [-0.2, -0.15) is 0 Å². The number of hydrogen-bond donors (Lipinski definition) is 1. The van der Waals surface area contributed by atoms with Crippen molar-refractivity contribution < 1.29 is 0 Å². The molecule has 4 heteroatoms. The molecule has 0 unspecified atom stereocenters. The van der Waals surface area contributed by atoms with Crippen LogP contribution < -0.4 is 10.6 Å². The van der Waals surface area contributed by atoms with Gasteiger partial charge in [0.25, 0.3) is 0 Å². The van der Waals surface area contributed by atoms with E-state index in [1.807, 2.05) is 12.3 Å². The maximum Gasteiger partial charge on any atom is 0.123 e. The summed E-state index contributed by atoms with van der Waals surface area (Å²) in [5.74, 6) is 0.601. The second-order valence-electron chi connectivity index (χ2n) is 4.75. The molecule has 1 aliphatic heterocycles. The number of hydrogen-bond acceptors (Lipinski definition) is 4. The van der Waals surface area contributed by atoms with Crippen LogP contribution in [0.1, 0.15) is 12.0 Å². The SMILES string of the molecule is Cc1cc(N)ncc1N1CC[C@@H](N(C)C)C1. The zero-order valence-corrected chi connectivity index (χ0v) is 10.3. The lowest BCUT2D eigenvalue weighted by Crippen LogP contribution is -2.31. The molecular formula is C12H20N4. The Balaban J connectivity index is 2.14. The Morgan fingerprint density at radius 3 is 2.81 bits per heavy atom. The average Bonchev–Trinajstić information content (AvgIpc) is 2.66. The fraction of sp³-hybridized carbons (Fsp3) is 0.583. The summed E-state index contributed by atoms with van der Waals surface area (Å²) in [5, 5.41) is 0. The Kier molecular flexibility index (Phi) is 3.01. The third-order valence-electron chi connectivity index (χ3n) is 3.34. The zero-order valence-electron chi connectivity index (χ0n) is 10.3. The molecule has 0 aromatic carbocycles. The number of pyridine rings is 1. The molecule has 0 aliphatic carbocycles. The molecule has 1 fully saturated rings. The summed E-state index contributed by atoms with van der Waals surface area (Å²) in [6, 6.07) is 2.59. The fourth-order valence-corrected chi connectivity index (χ4v) is 2.28. The average molecular weight is 220 g/mol. The van der Waals surface area contributed by atoms with Gasteiger partial charge in [-0.25, -0.2) is 4.98 Å². The highest BCUT2D eigenvalue weighted by Gasteiger charge is 2.24. The molecule has 1 aliphatic rings. The second-order valence-corrected chi connectivity index (χ2v) is 4.75. The Hall–Kier alpha value is -1.29. The van der Waals surface area contributed by atoms with Crippen molar-refractivity contribution in [3.05, 3.63) is 17.8 Å². The van der Waals surface area contributed by atoms with E-state index in [0.29, 0.717) is 11.9 Å². The van der Waals surface area contributed by atoms with E-state index in [9.17, 15) is 0 Å². The Morgan fingerprint density at radius 1 is 1.50 bits per heavy atom. The molecule has 1 atom stereocenters. The molecule has 0 amide bonds. The molecule has 0 saturated carbocycles. The monoisotopic (exact) mass is 220 g/mol. The first-order chi connectivity index (χ1) is 7.58. The van der Waals surface area contributed by atoms with Crippen LogP contribution in [0.25, 0.3) is 0 Å². The van der Waals surface area contributed by atoms with E-state index in [1.165, 1.54) is 17.7 Å². The molecule has 1 aromatic rings. The molecule has 16 heavy (non-hydrogen) atoms. The van der Waals surface area contributed by atoms with Crippen molar-refractivity contribution in [2.24, 2.45) is 0 Å². The predicted molar refractivity (Wildman–Crippen MR) is 67.7 cm³/mol. The van der Waals surface area contributed by atoms with Crippen LogP contribution in [-0.2, 0) is 0 Å². The summed E-state index contributed by atoms with van der Waals surface area (Å²) in [6.07, 6.45) is 3.11. The van der Waals surface area contributed by atoms with E-state index in [0.717, 1.165) is 13.1 Å². The maximum absolute atomic E-state index is 5.66. The lowest BCUT2D eigenvalue weighted by Gasteiger charge is -2.23. The minimum atomic E-state index is 0.601. The minimum Gasteiger partial charge on any atom is -0.384 e. The van der Waals surface area contributed by atoms with E-state index < -0.39 is 0 Å². The highest BCUT2D eigenvalue weighted by molar-refractivity contribution is 5.55. The fourth-order valence-electron chi connectivity index (χ4n) is 2.28. The van der Waals surface area contributed by atoms with Crippen molar-refractivity contribution >= 4 is 11.5 Å². The lowest BCUT2D eigenvalue weighted by molar-refractivity contribution is 0.315. The van der Waals surface area contributed by atoms with Crippen molar-refractivity contribution in [2.45, 2.75) is 19.4 Å². The van der Waals surface area contributed by atoms with Crippen LogP contribution in [0.2, 0.25) is 0 Å². The molecule has 2 N–H and O–H groups in total. The van der Waals surface area contributed by atoms with Crippen LogP contribution in [0.4, 0.5) is 11.5 Å². The summed E-state index contributed by atoms with van der Waals surface area (Å²) >= 11 is 0. The number of likely N-dealkylation sites (N-methyl/N-ethyl adjacent to an activating group) is 1. The molecule has 4 nitrogen and oxygen atoms in total. The van der Waals surface area contributed by atoms with E-state index in [1.54, 1.807) is 0 Å². The van der Waals surface area contributed by atoms with Gasteiger partial charge in [-0.05, 0) is 39.1 Å². The van der Waals surface area contributed by atoms with Gasteiger partial charge in [-0.15, -0.1) is 0 Å². The Labute approximate surface area is 97.1 Å². The molecule has 1 aromatic heterocycles. The number of rotatable bonds is 2. The Morgan fingerprint density at radius 2 is 2.25 bits per heavy atom. The number of aryl methyl sites for hydroxylation is 1. The van der Waals surface area contributed by atoms with Gasteiger partial charge in [0.15, 0.2) is 0 Å². The van der Waals surface area contributed by atoms with E-state index in [4.69, 9.17) is 5.73 Å². The number of anilines is 2. The molecular weight excluding hydrogens is 200 g/mol. The Bertz CT molecular complexity index is 375. The molecule has 0 bridgehead atoms. The van der Waals surface area contributed by atoms with Crippen molar-refractivity contribution in [3.8, 4) is 0 Å². The van der Waals surface area contributed by atoms with Gasteiger partial charge < -0.3 is 15.5 Å². The standard InChI is InChI=1S/C12H20N4/c1-9-6-12(13)14-7-11(9)16-5-4-10(8-16)15(2)3/h6-7,10H,4-5,8H2,1-3H3,(H2,13,14)/t10-/m1/s1. The lowest BCUT2D eigenvalue weighted by atomic mass is 10.2. The summed E-state index contributed by atoms with van der Waals surface area (Å²) in [7, 11) is 4.28. The third kappa shape index (κ3) is 2.11. The van der Waals surface area contributed by atoms with Crippen molar-refractivity contribution in [2.75, 3.05) is 37.8 Å². The molecule has 2 heterocycles. The van der Waals surface area contributed by atoms with Gasteiger partial charge in [0.05, 0.1) is 11.9 Å². The van der Waals surface area contributed by atoms with Crippen LogP contribution in [-0.4, -0.2) is 43.1 Å². The molecule has 2 rings (SSSR count). The van der Waals surface area contributed by atoms with Gasteiger partial charge in [-0.1, -0.05) is 0 Å². The molecule has 1 saturated heterocycles. The molecule has 88 valence electrons. The van der Waals surface area contributed by atoms with Crippen molar-refractivity contribution in [1.82, 2.24) is 9.88 Å². The number of nitrogens with two attached hydrogens (primary N) is 1. The third-order valence-corrected chi connectivity index (χ3v) is 3.34. The quantitative estimate of drug-likeness (QED) is 0.811. The first-order valence-electron chi connectivity index (χ1n) is 5.71. The smallest absolute Gasteiger partial charge is 0.123 e. The van der Waals surface area contributed by atoms with Crippen LogP contribution in [0.15, 0.2) is 12.3 Å². The highest BCUT2D eigenvalue weighted by Crippen LogP contribution is 2.25. The highest BCUT2D eigenvalue weighted by atomic mass is 15.2. The number of nitrogens with zero attached hydrogens (tertiary/aromatic N) is 3. The number of nitrogen functional groups attached to an aromatic ring is 1. The summed E-state index contributed by atoms with van der Waals surface area (Å²) in [6.45, 7) is 4.28. The van der Waals surface area contributed by atoms with E-state index in [2.05, 4.69) is 35.8 Å². The summed E-state index contributed by atoms with van der Waals surface area (Å²) < 4.78 is 0. The first-order valence-corrected chi connectivity index (χ1v) is 5.71. The van der Waals surface area contributed by atoms with Crippen LogP contribution in [0.3, 0.4) is 0 Å². The van der Waals surface area contributed by atoms with Crippen LogP contribution >= 0.6 is 0 Å². The van der Waals surface area contributed by atoms with Gasteiger partial charge in [0.2, 0.25) is 0 Å². The first kappa shape index (κ1) is 11.2. The zero-order chi connectivity index (χ0) is 11.7. The summed E-state index contributed by atoms with van der Waals surface area (Å²) in [5.41, 5.74) is 8.10. The largest absolute Gasteiger partial charge is 0.384 e. The minimum absolute atomic E-state index is 0.601. The van der Waals surface area contributed by atoms with Gasteiger partial charge >= 0.3 is 0 Å². The molecule has 0 radical (unpaired) electrons. The van der Waals surface area contributed by atoms with Crippen LogP contribution in [0, 0.1) is 6.92 Å². The van der Waals surface area contributed by atoms with Gasteiger partial charge in [-0.3, -0.25) is 0 Å². The number of aromatic nitrogens is 1. The van der Waals surface area contributed by atoms with Crippen molar-refractivity contribution in [3.63, 3.8) is 0 Å². The normalized spacial score (nSPS) is 20.8. The van der Waals surface area contributed by atoms with Crippen molar-refractivity contribution in [1.29, 1.82) is 0 Å². The van der Waals surface area contributed by atoms with Gasteiger partial charge in [0, 0.05) is 19.1 Å². The van der Waals surface area contributed by atoms with E-state index in [-0.39, 0.29) is 0 Å². The second kappa shape index (κ2) is 4.29. The predicted octanol–water partition coefficient (Wildman–Crippen LogP) is 1.11. The topological polar surface area (TPSA) is 45.4 Å². The van der Waals surface area contributed by atoms with E-state index >= 15 is 0 Å². The van der Waals surface area contributed by atoms with Gasteiger partial charge in [0.1, 0.15) is 5.82 Å². The van der Waals surface area contributed by atoms with Crippen LogP contribution in [0.5, 0.6) is 0 Å². The maximum atomic E-state index is 5.66.